The van der Waals surface area contributed by atoms with Gasteiger partial charge in [-0.2, -0.15) is 10.2 Å². The summed E-state index contributed by atoms with van der Waals surface area (Å²) in [6.07, 6.45) is 0. The van der Waals surface area contributed by atoms with Crippen molar-refractivity contribution in [3.05, 3.63) is 98.1 Å². The molecule has 0 radical (unpaired) electrons. The number of nitro benzene ring substituents is 1. The van der Waals surface area contributed by atoms with E-state index in [4.69, 9.17) is 0 Å². The van der Waals surface area contributed by atoms with E-state index >= 15 is 0 Å². The molecule has 1 aliphatic heterocycles. The molecule has 0 aliphatic carbocycles. The average molecular weight is 489 g/mol. The summed E-state index contributed by atoms with van der Waals surface area (Å²) in [5.74, 6) is 0.688. The lowest BCUT2D eigenvalue weighted by molar-refractivity contribution is -0.384. The zero-order valence-corrected chi connectivity index (χ0v) is 16.6. The predicted octanol–water partition coefficient (Wildman–Crippen LogP) is 3.48. The smallest absolute Gasteiger partial charge is 0.269 e. The molecule has 3 aromatic carbocycles. The molecule has 0 bridgehead atoms. The molecule has 3 aromatic rings. The molecule has 28 heavy (non-hydrogen) atoms. The Morgan fingerprint density at radius 1 is 0.893 bits per heavy atom. The maximum absolute atomic E-state index is 10.9. The van der Waals surface area contributed by atoms with Crippen LogP contribution in [-0.2, 0) is 0 Å². The maximum Gasteiger partial charge on any atom is 0.269 e. The van der Waals surface area contributed by atoms with E-state index in [1.54, 1.807) is 22.4 Å². The number of anilines is 2. The number of hydrazone groups is 1. The number of rotatable bonds is 4. The van der Waals surface area contributed by atoms with Gasteiger partial charge >= 0.3 is 0 Å². The zero-order valence-electron chi connectivity index (χ0n) is 14.5. The fourth-order valence-electron chi connectivity index (χ4n) is 2.66. The lowest BCUT2D eigenvalue weighted by Gasteiger charge is -2.27. The van der Waals surface area contributed by atoms with E-state index in [1.165, 1.54) is 12.1 Å². The van der Waals surface area contributed by atoms with Crippen molar-refractivity contribution in [3.8, 4) is 0 Å². The lowest BCUT2D eigenvalue weighted by atomic mass is 10.2. The molecule has 1 aliphatic rings. The Kier molecular flexibility index (Phi) is 5.76. The number of hydrazine groups is 2. The number of hydrogen-bond donors (Lipinski definition) is 1. The number of nitrogens with one attached hydrogen (secondary N) is 1. The zero-order chi connectivity index (χ0) is 18.8. The van der Waals surface area contributed by atoms with E-state index in [-0.39, 0.29) is 11.2 Å². The second-order valence-corrected chi connectivity index (χ2v) is 7.02. The summed E-state index contributed by atoms with van der Waals surface area (Å²) in [7, 11) is 0. The van der Waals surface area contributed by atoms with Crippen molar-refractivity contribution < 1.29 is 10.4 Å². The normalized spacial score (nSPS) is 12.8. The van der Waals surface area contributed by atoms with Gasteiger partial charge < -0.3 is 5.48 Å². The van der Waals surface area contributed by atoms with E-state index in [1.807, 2.05) is 54.6 Å². The number of halogens is 1. The number of nitrogens with zero attached hydrogens (tertiary/aromatic N) is 4. The molecule has 0 atom stereocenters. The molecular formula is C19H16IN5O3. The second kappa shape index (κ2) is 8.23. The second-order valence-electron chi connectivity index (χ2n) is 5.78. The van der Waals surface area contributed by atoms with Crippen LogP contribution in [0.25, 0.3) is 0 Å². The standard InChI is InChI=1S/C19H14IN5O2.H2O/c20-15-6-8-16(9-7-15)23-21-19(14-4-2-1-3-5-14)22-24(23)17-10-12-18(13-11-17)25(26)27;/h1-13H,(H,21,22);1H2. The minimum Gasteiger partial charge on any atom is -0.412 e. The number of nitro groups is 1. The Balaban J connectivity index is 0.00000225. The molecule has 9 heteroatoms. The summed E-state index contributed by atoms with van der Waals surface area (Å²) < 4.78 is 1.13. The highest BCUT2D eigenvalue weighted by Crippen LogP contribution is 2.27. The van der Waals surface area contributed by atoms with Crippen molar-refractivity contribution in [1.82, 2.24) is 5.43 Å². The van der Waals surface area contributed by atoms with Crippen molar-refractivity contribution in [3.63, 3.8) is 0 Å². The topological polar surface area (TPSA) is 106 Å². The minimum absolute atomic E-state index is 0. The third-order valence-electron chi connectivity index (χ3n) is 4.01. The summed E-state index contributed by atoms with van der Waals surface area (Å²) >= 11 is 2.25. The fourth-order valence-corrected chi connectivity index (χ4v) is 3.02. The summed E-state index contributed by atoms with van der Waals surface area (Å²) in [5, 5.41) is 19.1. The van der Waals surface area contributed by atoms with Crippen molar-refractivity contribution in [2.75, 3.05) is 10.2 Å². The largest absolute Gasteiger partial charge is 0.412 e. The fraction of sp³-hybridized carbons (Fsp3) is 0. The Labute approximate surface area is 174 Å². The summed E-state index contributed by atoms with van der Waals surface area (Å²) in [5.41, 5.74) is 5.88. The van der Waals surface area contributed by atoms with Crippen LogP contribution < -0.4 is 15.7 Å². The molecule has 0 saturated heterocycles. The van der Waals surface area contributed by atoms with E-state index in [0.717, 1.165) is 14.8 Å². The quantitative estimate of drug-likeness (QED) is 0.343. The maximum atomic E-state index is 10.9. The molecule has 142 valence electrons. The van der Waals surface area contributed by atoms with Crippen LogP contribution in [-0.4, -0.2) is 16.2 Å². The summed E-state index contributed by atoms with van der Waals surface area (Å²) in [6.45, 7) is 0. The van der Waals surface area contributed by atoms with Gasteiger partial charge in [0.25, 0.3) is 5.69 Å². The van der Waals surface area contributed by atoms with Crippen LogP contribution in [0.3, 0.4) is 0 Å². The first-order valence-corrected chi connectivity index (χ1v) is 9.20. The summed E-state index contributed by atoms with van der Waals surface area (Å²) in [6, 6.07) is 24.1. The molecule has 3 N–H and O–H groups in total. The van der Waals surface area contributed by atoms with Crippen molar-refractivity contribution in [2.24, 2.45) is 5.10 Å². The molecule has 0 aromatic heterocycles. The van der Waals surface area contributed by atoms with Gasteiger partial charge in [0.2, 0.25) is 0 Å². The lowest BCUT2D eigenvalue weighted by Crippen LogP contribution is -2.44. The number of amidine groups is 1. The Bertz CT molecular complexity index is 994. The third kappa shape index (κ3) is 3.89. The SMILES string of the molecule is O.O=[N+]([O-])c1ccc(N2N=C(c3ccccc3)NN2c2ccc(I)cc2)cc1. The molecular weight excluding hydrogens is 473 g/mol. The monoisotopic (exact) mass is 489 g/mol. The molecule has 8 nitrogen and oxygen atoms in total. The molecule has 0 amide bonds. The van der Waals surface area contributed by atoms with Crippen molar-refractivity contribution in [1.29, 1.82) is 0 Å². The van der Waals surface area contributed by atoms with Crippen LogP contribution in [0.2, 0.25) is 0 Å². The van der Waals surface area contributed by atoms with Crippen molar-refractivity contribution >= 4 is 45.5 Å². The van der Waals surface area contributed by atoms with Crippen molar-refractivity contribution in [2.45, 2.75) is 0 Å². The molecule has 0 spiro atoms. The highest BCUT2D eigenvalue weighted by Gasteiger charge is 2.26. The van der Waals surface area contributed by atoms with Gasteiger partial charge in [0.05, 0.1) is 16.3 Å². The molecule has 1 heterocycles. The predicted molar refractivity (Wildman–Crippen MR) is 117 cm³/mol. The Hall–Kier alpha value is -3.18. The van der Waals surface area contributed by atoms with Gasteiger partial charge in [0.1, 0.15) is 0 Å². The first-order valence-electron chi connectivity index (χ1n) is 8.13. The number of non-ortho nitro benzene ring substituents is 1. The molecule has 0 fully saturated rings. The van der Waals surface area contributed by atoms with Crippen LogP contribution in [0.5, 0.6) is 0 Å². The van der Waals surface area contributed by atoms with E-state index < -0.39 is 4.92 Å². The van der Waals surface area contributed by atoms with Crippen LogP contribution in [0.1, 0.15) is 5.56 Å². The van der Waals surface area contributed by atoms with Crippen LogP contribution in [0.4, 0.5) is 17.1 Å². The first kappa shape index (κ1) is 19.6. The van der Waals surface area contributed by atoms with Gasteiger partial charge in [-0.1, -0.05) is 30.3 Å². The number of benzene rings is 3. The Morgan fingerprint density at radius 2 is 1.50 bits per heavy atom. The van der Waals surface area contributed by atoms with E-state index in [2.05, 4.69) is 33.1 Å². The van der Waals surface area contributed by atoms with Gasteiger partial charge in [0, 0.05) is 21.3 Å². The van der Waals surface area contributed by atoms with Gasteiger partial charge in [-0.05, 0) is 59.0 Å². The molecule has 0 unspecified atom stereocenters. The highest BCUT2D eigenvalue weighted by atomic mass is 127. The van der Waals surface area contributed by atoms with Gasteiger partial charge in [0.15, 0.2) is 5.84 Å². The molecule has 0 saturated carbocycles. The van der Waals surface area contributed by atoms with Gasteiger partial charge in [-0.25, -0.2) is 0 Å². The average Bonchev–Trinajstić information content (AvgIpc) is 3.15. The van der Waals surface area contributed by atoms with Crippen LogP contribution >= 0.6 is 22.6 Å². The number of hydrogen-bond acceptors (Lipinski definition) is 6. The summed E-state index contributed by atoms with van der Waals surface area (Å²) in [4.78, 5) is 10.5. The third-order valence-corrected chi connectivity index (χ3v) is 4.73. The first-order chi connectivity index (χ1) is 13.1. The Morgan fingerprint density at radius 3 is 2.11 bits per heavy atom. The van der Waals surface area contributed by atoms with Crippen LogP contribution in [0.15, 0.2) is 84.0 Å². The highest BCUT2D eigenvalue weighted by molar-refractivity contribution is 14.1. The molecule has 4 rings (SSSR count). The van der Waals surface area contributed by atoms with E-state index in [9.17, 15) is 10.1 Å². The van der Waals surface area contributed by atoms with Crippen LogP contribution in [0, 0.1) is 13.7 Å². The van der Waals surface area contributed by atoms with Gasteiger partial charge in [-0.15, -0.1) is 5.10 Å². The van der Waals surface area contributed by atoms with Gasteiger partial charge in [-0.3, -0.25) is 15.5 Å². The van der Waals surface area contributed by atoms with E-state index in [0.29, 0.717) is 11.5 Å². The minimum atomic E-state index is -0.415.